The van der Waals surface area contributed by atoms with E-state index < -0.39 is 12.0 Å². The lowest BCUT2D eigenvalue weighted by atomic mass is 9.91. The second kappa shape index (κ2) is 10.6. The molecule has 0 radical (unpaired) electrons. The fourth-order valence-corrected chi connectivity index (χ4v) is 6.09. The van der Waals surface area contributed by atoms with E-state index in [0.717, 1.165) is 37.5 Å². The molecule has 1 saturated carbocycles. The summed E-state index contributed by atoms with van der Waals surface area (Å²) in [4.78, 5) is 47.9. The van der Waals surface area contributed by atoms with E-state index in [9.17, 15) is 19.6 Å². The van der Waals surface area contributed by atoms with Gasteiger partial charge in [-0.05, 0) is 25.2 Å². The highest BCUT2D eigenvalue weighted by Crippen LogP contribution is 2.32. The molecule has 9 nitrogen and oxygen atoms in total. The normalized spacial score (nSPS) is 22.9. The van der Waals surface area contributed by atoms with Crippen molar-refractivity contribution in [1.82, 2.24) is 19.8 Å². The minimum Gasteiger partial charge on any atom is -0.345 e. The van der Waals surface area contributed by atoms with Crippen LogP contribution in [0.25, 0.3) is 0 Å². The van der Waals surface area contributed by atoms with E-state index in [2.05, 4.69) is 9.88 Å². The van der Waals surface area contributed by atoms with Crippen LogP contribution in [-0.4, -0.2) is 88.6 Å². The van der Waals surface area contributed by atoms with Crippen molar-refractivity contribution in [2.24, 2.45) is 11.8 Å². The number of carbonyl (C=O) groups excluding carboxylic acids is 3. The van der Waals surface area contributed by atoms with Gasteiger partial charge in [-0.3, -0.25) is 19.6 Å². The number of aromatic nitrogens is 1. The summed E-state index contributed by atoms with van der Waals surface area (Å²) in [5.41, 5.74) is 0. The van der Waals surface area contributed by atoms with E-state index in [4.69, 9.17) is 0 Å². The Labute approximate surface area is 192 Å². The summed E-state index contributed by atoms with van der Waals surface area (Å²) in [6.07, 6.45) is 8.78. The zero-order valence-corrected chi connectivity index (χ0v) is 19.3. The van der Waals surface area contributed by atoms with Crippen LogP contribution in [0.3, 0.4) is 0 Å². The molecule has 1 N–H and O–H groups in total. The lowest BCUT2D eigenvalue weighted by molar-refractivity contribution is -0.159. The molecule has 1 aromatic heterocycles. The van der Waals surface area contributed by atoms with Crippen LogP contribution in [0.4, 0.5) is 5.13 Å². The molecule has 2 aliphatic heterocycles. The number of piperazine rings is 1. The van der Waals surface area contributed by atoms with E-state index in [-0.39, 0.29) is 18.4 Å². The zero-order valence-electron chi connectivity index (χ0n) is 18.5. The number of rotatable bonds is 8. The van der Waals surface area contributed by atoms with Gasteiger partial charge in [-0.2, -0.15) is 0 Å². The van der Waals surface area contributed by atoms with Crippen molar-refractivity contribution >= 4 is 34.7 Å². The van der Waals surface area contributed by atoms with Gasteiger partial charge in [0.2, 0.25) is 18.2 Å². The Morgan fingerprint density at radius 1 is 1.16 bits per heavy atom. The maximum Gasteiger partial charge on any atom is 0.245 e. The summed E-state index contributed by atoms with van der Waals surface area (Å²) < 4.78 is 0. The summed E-state index contributed by atoms with van der Waals surface area (Å²) in [6.45, 7) is 3.27. The zero-order chi connectivity index (χ0) is 22.5. The summed E-state index contributed by atoms with van der Waals surface area (Å²) in [7, 11) is 0. The number of hydrogen-bond donors (Lipinski definition) is 1. The maximum atomic E-state index is 13.5. The Morgan fingerprint density at radius 3 is 2.56 bits per heavy atom. The highest BCUT2D eigenvalue weighted by Gasteiger charge is 2.40. The minimum absolute atomic E-state index is 0.0112. The molecular formula is C22H33N5O4S. The topological polar surface area (TPSA) is 97.3 Å². The van der Waals surface area contributed by atoms with Gasteiger partial charge in [0, 0.05) is 44.3 Å². The second-order valence-corrected chi connectivity index (χ2v) is 10.0. The van der Waals surface area contributed by atoms with Crippen molar-refractivity contribution in [3.05, 3.63) is 11.6 Å². The number of likely N-dealkylation sites (tertiary alicyclic amines) is 1. The molecule has 1 aliphatic carbocycles. The molecule has 2 saturated heterocycles. The van der Waals surface area contributed by atoms with Gasteiger partial charge in [0.25, 0.3) is 0 Å². The molecule has 0 spiro atoms. The van der Waals surface area contributed by atoms with Crippen molar-refractivity contribution < 1.29 is 19.6 Å². The first-order chi connectivity index (χ1) is 15.6. The number of hydroxylamine groups is 2. The van der Waals surface area contributed by atoms with Gasteiger partial charge >= 0.3 is 0 Å². The first-order valence-electron chi connectivity index (χ1n) is 11.7. The standard InChI is InChI=1S/C22H33N5O4S/c28-16-26(31)15-18(14-17-4-1-2-5-17)20(29)27-8-3-6-19(27)21(30)24-9-11-25(12-10-24)22-23-7-13-32-22/h7,13,16-19,31H,1-6,8-12,14-15H2/t18-,19+/m1/s1. The molecule has 4 rings (SSSR count). The van der Waals surface area contributed by atoms with Crippen LogP contribution in [0.15, 0.2) is 11.6 Å². The van der Waals surface area contributed by atoms with E-state index in [1.54, 1.807) is 22.4 Å². The van der Waals surface area contributed by atoms with Gasteiger partial charge < -0.3 is 14.7 Å². The van der Waals surface area contributed by atoms with E-state index in [1.807, 2.05) is 10.3 Å². The van der Waals surface area contributed by atoms with Crippen LogP contribution < -0.4 is 4.90 Å². The minimum atomic E-state index is -0.469. The van der Waals surface area contributed by atoms with Crippen LogP contribution in [0.5, 0.6) is 0 Å². The first kappa shape index (κ1) is 23.0. The third-order valence-electron chi connectivity index (χ3n) is 7.07. The average molecular weight is 464 g/mol. The van der Waals surface area contributed by atoms with Gasteiger partial charge in [-0.25, -0.2) is 10.0 Å². The molecule has 3 aliphatic rings. The predicted molar refractivity (Wildman–Crippen MR) is 120 cm³/mol. The Kier molecular flexibility index (Phi) is 7.62. The van der Waals surface area contributed by atoms with Crippen LogP contribution >= 0.6 is 11.3 Å². The van der Waals surface area contributed by atoms with Gasteiger partial charge in [0.05, 0.1) is 12.5 Å². The highest BCUT2D eigenvalue weighted by molar-refractivity contribution is 7.13. The van der Waals surface area contributed by atoms with Crippen molar-refractivity contribution in [2.75, 3.05) is 44.2 Å². The fourth-order valence-electron chi connectivity index (χ4n) is 5.39. The summed E-state index contributed by atoms with van der Waals surface area (Å²) in [5.74, 6) is -0.108. The molecule has 1 aromatic rings. The molecule has 10 heteroatoms. The molecule has 3 fully saturated rings. The number of carbonyl (C=O) groups is 3. The van der Waals surface area contributed by atoms with E-state index >= 15 is 0 Å². The second-order valence-electron chi connectivity index (χ2n) is 9.13. The Bertz CT molecular complexity index is 777. The molecular weight excluding hydrogens is 430 g/mol. The van der Waals surface area contributed by atoms with Gasteiger partial charge in [-0.1, -0.05) is 25.7 Å². The maximum absolute atomic E-state index is 13.5. The van der Waals surface area contributed by atoms with Crippen molar-refractivity contribution in [3.8, 4) is 0 Å². The average Bonchev–Trinajstić information content (AvgIpc) is 3.60. The van der Waals surface area contributed by atoms with Crippen LogP contribution in [0, 0.1) is 11.8 Å². The Balaban J connectivity index is 1.38. The predicted octanol–water partition coefficient (Wildman–Crippen LogP) is 1.83. The molecule has 2 atom stereocenters. The number of anilines is 1. The molecule has 176 valence electrons. The molecule has 3 amide bonds. The SMILES string of the molecule is O=CN(O)C[C@@H](CC1CCCC1)C(=O)N1CCC[C@H]1C(=O)N1CCN(c2nccs2)CC1. The molecule has 32 heavy (non-hydrogen) atoms. The Hall–Kier alpha value is -2.20. The molecule has 0 unspecified atom stereocenters. The third-order valence-corrected chi connectivity index (χ3v) is 7.91. The van der Waals surface area contributed by atoms with E-state index in [1.165, 1.54) is 12.8 Å². The smallest absolute Gasteiger partial charge is 0.245 e. The van der Waals surface area contributed by atoms with Crippen molar-refractivity contribution in [3.63, 3.8) is 0 Å². The van der Waals surface area contributed by atoms with Gasteiger partial charge in [0.15, 0.2) is 5.13 Å². The molecule has 0 aromatic carbocycles. The molecule has 0 bridgehead atoms. The largest absolute Gasteiger partial charge is 0.345 e. The fraction of sp³-hybridized carbons (Fsp3) is 0.727. The van der Waals surface area contributed by atoms with E-state index in [0.29, 0.717) is 49.9 Å². The lowest BCUT2D eigenvalue weighted by Crippen LogP contribution is -2.55. The number of hydrogen-bond acceptors (Lipinski definition) is 7. The lowest BCUT2D eigenvalue weighted by Gasteiger charge is -2.38. The number of thiazole rings is 1. The van der Waals surface area contributed by atoms with Crippen LogP contribution in [0.2, 0.25) is 0 Å². The van der Waals surface area contributed by atoms with Crippen LogP contribution in [0.1, 0.15) is 44.9 Å². The Morgan fingerprint density at radius 2 is 1.91 bits per heavy atom. The summed E-state index contributed by atoms with van der Waals surface area (Å²) >= 11 is 1.60. The van der Waals surface area contributed by atoms with Gasteiger partial charge in [-0.15, -0.1) is 11.3 Å². The van der Waals surface area contributed by atoms with Crippen LogP contribution in [-0.2, 0) is 14.4 Å². The van der Waals surface area contributed by atoms with Crippen molar-refractivity contribution in [1.29, 1.82) is 0 Å². The first-order valence-corrected chi connectivity index (χ1v) is 12.6. The number of nitrogens with zero attached hydrogens (tertiary/aromatic N) is 5. The third kappa shape index (κ3) is 5.23. The summed E-state index contributed by atoms with van der Waals surface area (Å²) in [5, 5.41) is 13.3. The number of amides is 3. The summed E-state index contributed by atoms with van der Waals surface area (Å²) in [6, 6.07) is -0.441. The monoisotopic (exact) mass is 463 g/mol. The quantitative estimate of drug-likeness (QED) is 0.359. The van der Waals surface area contributed by atoms with Gasteiger partial charge in [0.1, 0.15) is 6.04 Å². The highest BCUT2D eigenvalue weighted by atomic mass is 32.1. The molecule has 3 heterocycles. The van der Waals surface area contributed by atoms with Crippen molar-refractivity contribution in [2.45, 2.75) is 51.0 Å².